The summed E-state index contributed by atoms with van der Waals surface area (Å²) in [6, 6.07) is 0.910. The van der Waals surface area contributed by atoms with Crippen LogP contribution in [0.5, 0.6) is 0 Å². The van der Waals surface area contributed by atoms with Gasteiger partial charge in [0.05, 0.1) is 6.04 Å². The summed E-state index contributed by atoms with van der Waals surface area (Å²) in [4.78, 5) is 4.61. The van der Waals surface area contributed by atoms with Crippen LogP contribution in [-0.4, -0.2) is 18.0 Å². The van der Waals surface area contributed by atoms with E-state index in [1.54, 1.807) is 0 Å². The molecule has 0 aromatic heterocycles. The summed E-state index contributed by atoms with van der Waals surface area (Å²) in [6.45, 7) is 4.39. The van der Waals surface area contributed by atoms with Crippen molar-refractivity contribution < 1.29 is 0 Å². The van der Waals surface area contributed by atoms with E-state index in [0.29, 0.717) is 12.1 Å². The summed E-state index contributed by atoms with van der Waals surface area (Å²) in [5.41, 5.74) is 2.68. The molecule has 4 nitrogen and oxygen atoms in total. The molecule has 0 amide bonds. The van der Waals surface area contributed by atoms with Gasteiger partial charge in [0.2, 0.25) is 5.96 Å². The number of aliphatic imine (C=N–C) groups is 1. The van der Waals surface area contributed by atoms with Crippen molar-refractivity contribution in [1.29, 1.82) is 0 Å². The molecule has 0 aromatic carbocycles. The molecular formula is C12H26N4. The van der Waals surface area contributed by atoms with Crippen LogP contribution < -0.4 is 16.6 Å². The van der Waals surface area contributed by atoms with E-state index in [2.05, 4.69) is 29.6 Å². The molecule has 1 aliphatic carbocycles. The van der Waals surface area contributed by atoms with E-state index in [9.17, 15) is 0 Å². The molecule has 1 saturated carbocycles. The number of hydrogen-bond acceptors (Lipinski definition) is 2. The van der Waals surface area contributed by atoms with Crippen molar-refractivity contribution in [2.24, 2.45) is 10.8 Å². The Morgan fingerprint density at radius 2 is 2.12 bits per heavy atom. The SMILES string of the molecule is CCCCC(C)NC(=NC1CCCC1)NN. The zero-order chi connectivity index (χ0) is 11.8. The third-order valence-corrected chi connectivity index (χ3v) is 3.15. The number of hydrazine groups is 1. The molecule has 1 aliphatic rings. The smallest absolute Gasteiger partial charge is 0.206 e. The molecule has 1 fully saturated rings. The second kappa shape index (κ2) is 7.49. The van der Waals surface area contributed by atoms with Gasteiger partial charge in [0, 0.05) is 6.04 Å². The minimum Gasteiger partial charge on any atom is -0.353 e. The van der Waals surface area contributed by atoms with E-state index in [-0.39, 0.29) is 0 Å². The van der Waals surface area contributed by atoms with Gasteiger partial charge in [-0.15, -0.1) is 0 Å². The summed E-state index contributed by atoms with van der Waals surface area (Å²) < 4.78 is 0. The molecule has 94 valence electrons. The Hall–Kier alpha value is -0.770. The average Bonchev–Trinajstić information content (AvgIpc) is 2.78. The van der Waals surface area contributed by atoms with Gasteiger partial charge < -0.3 is 5.32 Å². The number of nitrogens with zero attached hydrogens (tertiary/aromatic N) is 1. The van der Waals surface area contributed by atoms with Crippen molar-refractivity contribution in [3.63, 3.8) is 0 Å². The second-order valence-electron chi connectivity index (χ2n) is 4.75. The maximum Gasteiger partial charge on any atom is 0.206 e. The van der Waals surface area contributed by atoms with Crippen molar-refractivity contribution in [2.45, 2.75) is 70.9 Å². The van der Waals surface area contributed by atoms with E-state index in [1.807, 2.05) is 0 Å². The van der Waals surface area contributed by atoms with Crippen LogP contribution in [0.1, 0.15) is 58.8 Å². The number of rotatable bonds is 5. The lowest BCUT2D eigenvalue weighted by molar-refractivity contribution is 0.557. The van der Waals surface area contributed by atoms with Gasteiger partial charge in [0.15, 0.2) is 0 Å². The van der Waals surface area contributed by atoms with Gasteiger partial charge in [-0.05, 0) is 26.2 Å². The van der Waals surface area contributed by atoms with E-state index in [4.69, 9.17) is 5.84 Å². The van der Waals surface area contributed by atoms with E-state index in [0.717, 1.165) is 5.96 Å². The van der Waals surface area contributed by atoms with Gasteiger partial charge in [-0.25, -0.2) is 10.8 Å². The molecule has 4 heteroatoms. The first-order valence-corrected chi connectivity index (χ1v) is 6.57. The lowest BCUT2D eigenvalue weighted by atomic mass is 10.1. The zero-order valence-corrected chi connectivity index (χ0v) is 10.6. The molecular weight excluding hydrogens is 200 g/mol. The monoisotopic (exact) mass is 226 g/mol. The Bertz CT molecular complexity index is 209. The summed E-state index contributed by atoms with van der Waals surface area (Å²) in [6.07, 6.45) is 8.66. The standard InChI is InChI=1S/C12H26N4/c1-3-4-7-10(2)14-12(16-13)15-11-8-5-6-9-11/h10-11H,3-9,13H2,1-2H3,(H2,14,15,16). The highest BCUT2D eigenvalue weighted by Gasteiger charge is 2.15. The summed E-state index contributed by atoms with van der Waals surface area (Å²) in [5, 5.41) is 3.34. The number of nitrogens with one attached hydrogen (secondary N) is 2. The van der Waals surface area contributed by atoms with E-state index in [1.165, 1.54) is 44.9 Å². The van der Waals surface area contributed by atoms with Gasteiger partial charge in [-0.2, -0.15) is 0 Å². The lowest BCUT2D eigenvalue weighted by Crippen LogP contribution is -2.46. The van der Waals surface area contributed by atoms with E-state index < -0.39 is 0 Å². The topological polar surface area (TPSA) is 62.4 Å². The molecule has 0 heterocycles. The fourth-order valence-electron chi connectivity index (χ4n) is 2.15. The first-order valence-electron chi connectivity index (χ1n) is 6.57. The fourth-order valence-corrected chi connectivity index (χ4v) is 2.15. The molecule has 0 spiro atoms. The number of nitrogens with two attached hydrogens (primary N) is 1. The Labute approximate surface area is 99.1 Å². The third kappa shape index (κ3) is 4.84. The Kier molecular flexibility index (Phi) is 6.23. The molecule has 0 aliphatic heterocycles. The molecule has 0 aromatic rings. The van der Waals surface area contributed by atoms with Crippen LogP contribution in [-0.2, 0) is 0 Å². The van der Waals surface area contributed by atoms with Crippen molar-refractivity contribution in [3.05, 3.63) is 0 Å². The molecule has 0 bridgehead atoms. The van der Waals surface area contributed by atoms with Gasteiger partial charge in [0.25, 0.3) is 0 Å². The predicted octanol–water partition coefficient (Wildman–Crippen LogP) is 1.92. The quantitative estimate of drug-likeness (QED) is 0.290. The van der Waals surface area contributed by atoms with Crippen molar-refractivity contribution in [2.75, 3.05) is 0 Å². The largest absolute Gasteiger partial charge is 0.353 e. The van der Waals surface area contributed by atoms with Gasteiger partial charge in [0.1, 0.15) is 0 Å². The molecule has 1 rings (SSSR count). The molecule has 0 saturated heterocycles. The predicted molar refractivity (Wildman–Crippen MR) is 69.1 cm³/mol. The third-order valence-electron chi connectivity index (χ3n) is 3.15. The van der Waals surface area contributed by atoms with Gasteiger partial charge >= 0.3 is 0 Å². The maximum absolute atomic E-state index is 5.48. The molecule has 1 unspecified atom stereocenters. The Morgan fingerprint density at radius 3 is 2.69 bits per heavy atom. The number of hydrogen-bond donors (Lipinski definition) is 3. The minimum atomic E-state index is 0.441. The zero-order valence-electron chi connectivity index (χ0n) is 10.6. The van der Waals surface area contributed by atoms with Crippen LogP contribution in [0.15, 0.2) is 4.99 Å². The number of unbranched alkanes of at least 4 members (excludes halogenated alkanes) is 1. The van der Waals surface area contributed by atoms with Gasteiger partial charge in [-0.1, -0.05) is 32.6 Å². The maximum atomic E-state index is 5.48. The van der Waals surface area contributed by atoms with Crippen molar-refractivity contribution in [3.8, 4) is 0 Å². The second-order valence-corrected chi connectivity index (χ2v) is 4.75. The minimum absolute atomic E-state index is 0.441. The van der Waals surface area contributed by atoms with Crippen LogP contribution in [0.2, 0.25) is 0 Å². The highest BCUT2D eigenvalue weighted by atomic mass is 15.3. The fraction of sp³-hybridized carbons (Fsp3) is 0.917. The summed E-state index contributed by atoms with van der Waals surface area (Å²) in [5.74, 6) is 6.24. The van der Waals surface area contributed by atoms with Crippen molar-refractivity contribution >= 4 is 5.96 Å². The molecule has 0 radical (unpaired) electrons. The highest BCUT2D eigenvalue weighted by Crippen LogP contribution is 2.20. The Morgan fingerprint density at radius 1 is 1.44 bits per heavy atom. The Balaban J connectivity index is 2.34. The first kappa shape index (κ1) is 13.3. The van der Waals surface area contributed by atoms with Crippen LogP contribution in [0.25, 0.3) is 0 Å². The van der Waals surface area contributed by atoms with Crippen LogP contribution >= 0.6 is 0 Å². The average molecular weight is 226 g/mol. The van der Waals surface area contributed by atoms with Crippen molar-refractivity contribution in [1.82, 2.24) is 10.7 Å². The molecule has 1 atom stereocenters. The van der Waals surface area contributed by atoms with Crippen LogP contribution in [0, 0.1) is 0 Å². The normalized spacial score (nSPS) is 19.8. The summed E-state index contributed by atoms with van der Waals surface area (Å²) >= 11 is 0. The first-order chi connectivity index (χ1) is 7.76. The molecule has 16 heavy (non-hydrogen) atoms. The van der Waals surface area contributed by atoms with Crippen LogP contribution in [0.3, 0.4) is 0 Å². The summed E-state index contributed by atoms with van der Waals surface area (Å²) in [7, 11) is 0. The highest BCUT2D eigenvalue weighted by molar-refractivity contribution is 5.79. The van der Waals surface area contributed by atoms with Crippen LogP contribution in [0.4, 0.5) is 0 Å². The number of guanidine groups is 1. The van der Waals surface area contributed by atoms with Gasteiger partial charge in [-0.3, -0.25) is 5.43 Å². The van der Waals surface area contributed by atoms with E-state index >= 15 is 0 Å². The lowest BCUT2D eigenvalue weighted by Gasteiger charge is -2.17. The molecule has 4 N–H and O–H groups in total.